The van der Waals surface area contributed by atoms with Crippen LogP contribution in [0.25, 0.3) is 0 Å². The maximum atomic E-state index is 12.1. The Bertz CT molecular complexity index is 618. The Morgan fingerprint density at radius 1 is 1.11 bits per heavy atom. The lowest BCUT2D eigenvalue weighted by Gasteiger charge is -2.09. The van der Waals surface area contributed by atoms with Gasteiger partial charge in [0.2, 0.25) is 0 Å². The summed E-state index contributed by atoms with van der Waals surface area (Å²) in [5.41, 5.74) is 2.89. The molecule has 3 nitrogen and oxygen atoms in total. The Morgan fingerprint density at radius 2 is 1.84 bits per heavy atom. The highest BCUT2D eigenvalue weighted by atomic mass is 79.9. The molecule has 0 aliphatic rings. The molecular weight excluding hydrogens is 306 g/mol. The van der Waals surface area contributed by atoms with Crippen molar-refractivity contribution in [1.82, 2.24) is 0 Å². The molecule has 0 heterocycles. The molecule has 98 valence electrons. The van der Waals surface area contributed by atoms with Gasteiger partial charge in [0, 0.05) is 10.0 Å². The van der Waals surface area contributed by atoms with E-state index in [1.807, 2.05) is 26.0 Å². The second kappa shape index (κ2) is 5.45. The van der Waals surface area contributed by atoms with Crippen LogP contribution < -0.4 is 5.32 Å². The molecular formula is C15H14BrNO2. The van der Waals surface area contributed by atoms with Crippen LogP contribution >= 0.6 is 15.9 Å². The van der Waals surface area contributed by atoms with Gasteiger partial charge in [0.25, 0.3) is 5.91 Å². The zero-order valence-corrected chi connectivity index (χ0v) is 12.3. The SMILES string of the molecule is Cc1cc(Br)cc(C(=O)Nc2ccc(C)cc2O)c1. The molecule has 2 N–H and O–H groups in total. The standard InChI is InChI=1S/C15H14BrNO2/c1-9-3-4-13(14(18)7-9)17-15(19)11-5-10(2)6-12(16)8-11/h3-8,18H,1-2H3,(H,17,19). The molecule has 0 saturated heterocycles. The van der Waals surface area contributed by atoms with Crippen LogP contribution in [0.5, 0.6) is 5.75 Å². The van der Waals surface area contributed by atoms with E-state index in [-0.39, 0.29) is 11.7 Å². The molecule has 2 aromatic rings. The number of hydrogen-bond donors (Lipinski definition) is 2. The number of benzene rings is 2. The number of hydrogen-bond acceptors (Lipinski definition) is 2. The van der Waals surface area contributed by atoms with Crippen molar-refractivity contribution in [2.24, 2.45) is 0 Å². The number of aryl methyl sites for hydroxylation is 2. The molecule has 0 aromatic heterocycles. The van der Waals surface area contributed by atoms with Gasteiger partial charge < -0.3 is 10.4 Å². The summed E-state index contributed by atoms with van der Waals surface area (Å²) in [4.78, 5) is 12.1. The minimum Gasteiger partial charge on any atom is -0.506 e. The van der Waals surface area contributed by atoms with Gasteiger partial charge >= 0.3 is 0 Å². The molecule has 4 heteroatoms. The second-order valence-corrected chi connectivity index (χ2v) is 5.41. The van der Waals surface area contributed by atoms with E-state index in [9.17, 15) is 9.90 Å². The summed E-state index contributed by atoms with van der Waals surface area (Å²) in [6.07, 6.45) is 0. The highest BCUT2D eigenvalue weighted by Crippen LogP contribution is 2.25. The molecule has 0 radical (unpaired) electrons. The summed E-state index contributed by atoms with van der Waals surface area (Å²) in [6, 6.07) is 10.6. The highest BCUT2D eigenvalue weighted by molar-refractivity contribution is 9.10. The molecule has 0 saturated carbocycles. The first-order valence-corrected chi connectivity index (χ1v) is 6.63. The largest absolute Gasteiger partial charge is 0.506 e. The number of carbonyl (C=O) groups is 1. The maximum Gasteiger partial charge on any atom is 0.255 e. The first-order chi connectivity index (χ1) is 8.95. The van der Waals surface area contributed by atoms with Crippen LogP contribution in [0.3, 0.4) is 0 Å². The van der Waals surface area contributed by atoms with Crippen LogP contribution in [0.1, 0.15) is 21.5 Å². The van der Waals surface area contributed by atoms with Gasteiger partial charge in [-0.15, -0.1) is 0 Å². The minimum atomic E-state index is -0.247. The number of rotatable bonds is 2. The van der Waals surface area contributed by atoms with Crippen LogP contribution in [0.15, 0.2) is 40.9 Å². The average Bonchev–Trinajstić information content (AvgIpc) is 2.31. The lowest BCUT2D eigenvalue weighted by Crippen LogP contribution is -2.12. The topological polar surface area (TPSA) is 49.3 Å². The van der Waals surface area contributed by atoms with Gasteiger partial charge in [-0.05, 0) is 55.3 Å². The van der Waals surface area contributed by atoms with Gasteiger partial charge in [0.05, 0.1) is 5.69 Å². The van der Waals surface area contributed by atoms with E-state index in [1.54, 1.807) is 24.3 Å². The first kappa shape index (κ1) is 13.6. The molecule has 0 atom stereocenters. The normalized spacial score (nSPS) is 10.3. The number of aromatic hydroxyl groups is 1. The number of anilines is 1. The van der Waals surface area contributed by atoms with Crippen molar-refractivity contribution in [2.75, 3.05) is 5.32 Å². The van der Waals surface area contributed by atoms with Crippen LogP contribution in [0.4, 0.5) is 5.69 Å². The van der Waals surface area contributed by atoms with Gasteiger partial charge in [-0.25, -0.2) is 0 Å². The van der Waals surface area contributed by atoms with E-state index in [0.29, 0.717) is 11.3 Å². The molecule has 2 rings (SSSR count). The van der Waals surface area contributed by atoms with Crippen molar-refractivity contribution in [2.45, 2.75) is 13.8 Å². The first-order valence-electron chi connectivity index (χ1n) is 5.84. The van der Waals surface area contributed by atoms with Crippen LogP contribution in [0, 0.1) is 13.8 Å². The predicted molar refractivity (Wildman–Crippen MR) is 79.7 cm³/mol. The maximum absolute atomic E-state index is 12.1. The zero-order chi connectivity index (χ0) is 14.0. The van der Waals surface area contributed by atoms with Gasteiger partial charge in [-0.2, -0.15) is 0 Å². The lowest BCUT2D eigenvalue weighted by molar-refractivity contribution is 0.102. The molecule has 0 bridgehead atoms. The summed E-state index contributed by atoms with van der Waals surface area (Å²) in [5, 5.41) is 12.5. The third-order valence-electron chi connectivity index (χ3n) is 2.71. The summed E-state index contributed by atoms with van der Waals surface area (Å²) < 4.78 is 0.853. The van der Waals surface area contributed by atoms with Gasteiger partial charge in [0.15, 0.2) is 0 Å². The number of halogens is 1. The fourth-order valence-corrected chi connectivity index (χ4v) is 2.42. The van der Waals surface area contributed by atoms with E-state index in [1.165, 1.54) is 0 Å². The van der Waals surface area contributed by atoms with Gasteiger partial charge in [-0.3, -0.25) is 4.79 Å². The molecule has 0 spiro atoms. The molecule has 0 aliphatic carbocycles. The van der Waals surface area contributed by atoms with Crippen molar-refractivity contribution in [3.05, 3.63) is 57.6 Å². The van der Waals surface area contributed by atoms with Crippen LogP contribution in [-0.2, 0) is 0 Å². The predicted octanol–water partition coefficient (Wildman–Crippen LogP) is 4.02. The molecule has 19 heavy (non-hydrogen) atoms. The monoisotopic (exact) mass is 319 g/mol. The summed E-state index contributed by atoms with van der Waals surface area (Å²) in [6.45, 7) is 3.80. The van der Waals surface area contributed by atoms with E-state index in [0.717, 1.165) is 15.6 Å². The Kier molecular flexibility index (Phi) is 3.90. The highest BCUT2D eigenvalue weighted by Gasteiger charge is 2.10. The summed E-state index contributed by atoms with van der Waals surface area (Å²) >= 11 is 3.36. The van der Waals surface area contributed by atoms with Crippen LogP contribution in [-0.4, -0.2) is 11.0 Å². The van der Waals surface area contributed by atoms with E-state index in [4.69, 9.17) is 0 Å². The van der Waals surface area contributed by atoms with Crippen molar-refractivity contribution in [1.29, 1.82) is 0 Å². The van der Waals surface area contributed by atoms with Crippen molar-refractivity contribution < 1.29 is 9.90 Å². The number of nitrogens with one attached hydrogen (secondary N) is 1. The van der Waals surface area contributed by atoms with E-state index < -0.39 is 0 Å². The van der Waals surface area contributed by atoms with Gasteiger partial charge in [0.1, 0.15) is 5.75 Å². The lowest BCUT2D eigenvalue weighted by atomic mass is 10.1. The molecule has 1 amide bonds. The number of carbonyl (C=O) groups excluding carboxylic acids is 1. The van der Waals surface area contributed by atoms with Crippen molar-refractivity contribution in [3.63, 3.8) is 0 Å². The Balaban J connectivity index is 2.25. The zero-order valence-electron chi connectivity index (χ0n) is 10.7. The van der Waals surface area contributed by atoms with E-state index in [2.05, 4.69) is 21.2 Å². The number of phenolic OH excluding ortho intramolecular Hbond substituents is 1. The van der Waals surface area contributed by atoms with Crippen molar-refractivity contribution >= 4 is 27.5 Å². The fourth-order valence-electron chi connectivity index (χ4n) is 1.81. The number of amides is 1. The molecule has 0 fully saturated rings. The third-order valence-corrected chi connectivity index (χ3v) is 3.16. The fraction of sp³-hybridized carbons (Fsp3) is 0.133. The Hall–Kier alpha value is -1.81. The summed E-state index contributed by atoms with van der Waals surface area (Å²) in [5.74, 6) is -0.177. The molecule has 2 aromatic carbocycles. The van der Waals surface area contributed by atoms with Gasteiger partial charge in [-0.1, -0.05) is 22.0 Å². The van der Waals surface area contributed by atoms with E-state index >= 15 is 0 Å². The Labute approximate surface area is 120 Å². The second-order valence-electron chi connectivity index (χ2n) is 4.49. The molecule has 0 unspecified atom stereocenters. The van der Waals surface area contributed by atoms with Crippen LogP contribution in [0.2, 0.25) is 0 Å². The average molecular weight is 320 g/mol. The third kappa shape index (κ3) is 3.35. The smallest absolute Gasteiger partial charge is 0.255 e. The molecule has 0 aliphatic heterocycles. The Morgan fingerprint density at radius 3 is 2.47 bits per heavy atom. The quantitative estimate of drug-likeness (QED) is 0.821. The summed E-state index contributed by atoms with van der Waals surface area (Å²) in [7, 11) is 0. The number of phenols is 1. The van der Waals surface area contributed by atoms with Crippen molar-refractivity contribution in [3.8, 4) is 5.75 Å². The minimum absolute atomic E-state index is 0.0695.